The molecular formula is C61H71F3N10O6. The lowest BCUT2D eigenvalue weighted by atomic mass is 9.83. The third-order valence-electron chi connectivity index (χ3n) is 17.9. The highest BCUT2D eigenvalue weighted by atomic mass is 19.1. The minimum absolute atomic E-state index is 0.00280. The average molecular weight is 1100 g/mol. The first-order valence-electron chi connectivity index (χ1n) is 28.6. The minimum Gasteiger partial charge on any atom is -0.461 e. The summed E-state index contributed by atoms with van der Waals surface area (Å²) in [7, 11) is 5.02. The molecule has 80 heavy (non-hydrogen) atoms. The van der Waals surface area contributed by atoms with E-state index < -0.39 is 23.5 Å². The molecule has 6 fully saturated rings. The van der Waals surface area contributed by atoms with Crippen molar-refractivity contribution in [2.24, 2.45) is 18.9 Å². The highest BCUT2D eigenvalue weighted by Gasteiger charge is 2.45. The number of benzene rings is 3. The number of halogens is 3. The standard InChI is InChI=1S/C34H33F2N5O2.C25H32FN5O3.C2H6O/c1-2-23-25(35)11-9-21-7-3-8-24(27(21)23)30-29(36)31-28-26(37-30)12-10-22-19-42-18-6-17-41(22)32(28)39-33(38-31)43-20-34-13-4-15-40(34)16-5-14-34;1-29-21-14-18(13-20(26)23(21)24(28-29)19-2-3-22(33)27-25(19)34)31-10-6-17(7-11-31)12-16-4-8-30(15-32)9-5-16;1-3-2/h1,3,7-9,11,22H,4-6,10,12-20H2;13-17,19H,2-12H2,1H3,(H,27,33,34);1-2H3. The highest BCUT2D eigenvalue weighted by molar-refractivity contribution is 6.04. The molecule has 422 valence electrons. The zero-order valence-corrected chi connectivity index (χ0v) is 46.1. The number of fused-ring (bicyclic) bond motifs is 5. The van der Waals surface area contributed by atoms with Gasteiger partial charge in [-0.15, -0.1) is 6.42 Å². The van der Waals surface area contributed by atoms with Crippen LogP contribution in [-0.4, -0.2) is 144 Å². The number of ether oxygens (including phenoxy) is 3. The third-order valence-corrected chi connectivity index (χ3v) is 17.9. The number of aryl methyl sites for hydroxylation is 2. The Morgan fingerprint density at radius 1 is 0.850 bits per heavy atom. The van der Waals surface area contributed by atoms with Crippen molar-refractivity contribution in [1.82, 2.24) is 39.8 Å². The molecule has 3 amide bonds. The number of terminal acetylenes is 1. The Morgan fingerprint density at radius 3 is 2.33 bits per heavy atom. The Bertz CT molecular complexity index is 3340. The van der Waals surface area contributed by atoms with Gasteiger partial charge < -0.3 is 28.9 Å². The zero-order chi connectivity index (χ0) is 55.7. The van der Waals surface area contributed by atoms with Crippen molar-refractivity contribution in [3.63, 3.8) is 0 Å². The van der Waals surface area contributed by atoms with Gasteiger partial charge in [0.15, 0.2) is 5.82 Å². The van der Waals surface area contributed by atoms with Crippen LogP contribution >= 0.6 is 0 Å². The fourth-order valence-corrected chi connectivity index (χ4v) is 13.8. The number of carbonyl (C=O) groups excluding carboxylic acids is 3. The molecule has 2 atom stereocenters. The maximum Gasteiger partial charge on any atom is 0.319 e. The molecule has 1 N–H and O–H groups in total. The number of carbonyl (C=O) groups is 3. The molecule has 16 nitrogen and oxygen atoms in total. The molecule has 0 radical (unpaired) electrons. The Balaban J connectivity index is 0.000000165. The maximum absolute atomic E-state index is 16.9. The molecule has 6 aromatic rings. The summed E-state index contributed by atoms with van der Waals surface area (Å²) in [5.41, 5.74) is 3.45. The topological polar surface area (TPSA) is 160 Å². The second-order valence-corrected chi connectivity index (χ2v) is 22.8. The summed E-state index contributed by atoms with van der Waals surface area (Å²) in [5.74, 6) is 1.71. The number of amides is 3. The van der Waals surface area contributed by atoms with E-state index in [1.807, 2.05) is 23.1 Å². The molecule has 3 aromatic carbocycles. The lowest BCUT2D eigenvalue weighted by Gasteiger charge is -2.37. The average Bonchev–Trinajstić information content (AvgIpc) is 4.18. The van der Waals surface area contributed by atoms with Crippen LogP contribution in [0.5, 0.6) is 6.01 Å². The van der Waals surface area contributed by atoms with E-state index in [0.29, 0.717) is 94.3 Å². The fourth-order valence-electron chi connectivity index (χ4n) is 13.8. The van der Waals surface area contributed by atoms with E-state index in [4.69, 9.17) is 30.8 Å². The first-order chi connectivity index (χ1) is 38.9. The van der Waals surface area contributed by atoms with Gasteiger partial charge in [-0.3, -0.25) is 29.3 Å². The van der Waals surface area contributed by atoms with Crippen LogP contribution in [0.25, 0.3) is 43.8 Å². The molecule has 0 bridgehead atoms. The molecule has 3 aromatic heterocycles. The number of hydrogen-bond acceptors (Lipinski definition) is 13. The van der Waals surface area contributed by atoms with Crippen LogP contribution in [0, 0.1) is 41.6 Å². The number of likely N-dealkylation sites (tertiary alicyclic amines) is 1. The molecule has 2 unspecified atom stereocenters. The molecular weight excluding hydrogens is 1030 g/mol. The highest BCUT2D eigenvalue weighted by Crippen LogP contribution is 2.43. The fraction of sp³-hybridized carbons (Fsp3) is 0.525. The predicted molar refractivity (Wildman–Crippen MR) is 300 cm³/mol. The summed E-state index contributed by atoms with van der Waals surface area (Å²) in [4.78, 5) is 58.3. The number of hydrogen-bond donors (Lipinski definition) is 1. The third kappa shape index (κ3) is 10.8. The van der Waals surface area contributed by atoms with Crippen LogP contribution < -0.4 is 19.9 Å². The maximum atomic E-state index is 16.9. The van der Waals surface area contributed by atoms with E-state index >= 15 is 8.78 Å². The van der Waals surface area contributed by atoms with Crippen LogP contribution in [0.1, 0.15) is 106 Å². The number of imide groups is 1. The number of nitrogens with one attached hydrogen (secondary N) is 1. The Morgan fingerprint density at radius 2 is 1.60 bits per heavy atom. The van der Waals surface area contributed by atoms with E-state index in [9.17, 15) is 18.8 Å². The largest absolute Gasteiger partial charge is 0.461 e. The monoisotopic (exact) mass is 1100 g/mol. The first kappa shape index (κ1) is 55.0. The van der Waals surface area contributed by atoms with Crippen molar-refractivity contribution in [1.29, 1.82) is 0 Å². The molecule has 19 heteroatoms. The second-order valence-electron chi connectivity index (χ2n) is 22.8. The summed E-state index contributed by atoms with van der Waals surface area (Å²) in [6.07, 6.45) is 19.6. The van der Waals surface area contributed by atoms with Crippen LogP contribution in [0.2, 0.25) is 0 Å². The van der Waals surface area contributed by atoms with Crippen LogP contribution in [-0.2, 0) is 37.3 Å². The summed E-state index contributed by atoms with van der Waals surface area (Å²) >= 11 is 0. The van der Waals surface area contributed by atoms with Gasteiger partial charge in [0.1, 0.15) is 35.3 Å². The summed E-state index contributed by atoms with van der Waals surface area (Å²) in [6, 6.07) is 12.2. The van der Waals surface area contributed by atoms with Gasteiger partial charge in [0.05, 0.1) is 57.3 Å². The van der Waals surface area contributed by atoms with E-state index in [0.717, 1.165) is 122 Å². The van der Waals surface area contributed by atoms with Gasteiger partial charge in [-0.1, -0.05) is 30.2 Å². The molecule has 0 aliphatic carbocycles. The number of nitrogens with zero attached hydrogens (tertiary/aromatic N) is 9. The van der Waals surface area contributed by atoms with Gasteiger partial charge in [-0.25, -0.2) is 18.2 Å². The molecule has 0 saturated carbocycles. The normalized spacial score (nSPS) is 21.4. The Hall–Kier alpha value is -6.88. The van der Waals surface area contributed by atoms with E-state index in [2.05, 4.69) is 35.8 Å². The molecule has 13 rings (SSSR count). The van der Waals surface area contributed by atoms with Crippen LogP contribution in [0.4, 0.5) is 24.7 Å². The lowest BCUT2D eigenvalue weighted by molar-refractivity contribution is -0.134. The molecule has 0 spiro atoms. The number of aromatic nitrogens is 5. The molecule has 10 heterocycles. The van der Waals surface area contributed by atoms with Crippen molar-refractivity contribution in [3.8, 4) is 29.6 Å². The number of rotatable bonds is 9. The van der Waals surface area contributed by atoms with Gasteiger partial charge >= 0.3 is 6.01 Å². The quantitative estimate of drug-likeness (QED) is 0.0834. The van der Waals surface area contributed by atoms with Crippen molar-refractivity contribution in [2.75, 3.05) is 89.7 Å². The van der Waals surface area contributed by atoms with Gasteiger partial charge in [0, 0.05) is 83.7 Å². The van der Waals surface area contributed by atoms with Gasteiger partial charge in [-0.05, 0) is 132 Å². The van der Waals surface area contributed by atoms with Crippen molar-refractivity contribution in [2.45, 2.75) is 107 Å². The Kier molecular flexibility index (Phi) is 16.3. The van der Waals surface area contributed by atoms with Gasteiger partial charge in [0.2, 0.25) is 18.2 Å². The molecule has 7 aliphatic rings. The molecule has 7 aliphatic heterocycles. The van der Waals surface area contributed by atoms with Crippen LogP contribution in [0.15, 0.2) is 42.5 Å². The number of methoxy groups -OCH3 is 1. The zero-order valence-electron chi connectivity index (χ0n) is 46.1. The molecule has 6 saturated heterocycles. The lowest BCUT2D eigenvalue weighted by Crippen LogP contribution is -2.43. The Labute approximate surface area is 464 Å². The number of piperidine rings is 3. The van der Waals surface area contributed by atoms with Crippen molar-refractivity contribution in [3.05, 3.63) is 76.9 Å². The smallest absolute Gasteiger partial charge is 0.319 e. The number of anilines is 2. The number of pyridine rings is 1. The van der Waals surface area contributed by atoms with Gasteiger partial charge in [0.25, 0.3) is 0 Å². The van der Waals surface area contributed by atoms with Gasteiger partial charge in [-0.2, -0.15) is 15.1 Å². The summed E-state index contributed by atoms with van der Waals surface area (Å²) in [6.45, 7) is 8.16. The summed E-state index contributed by atoms with van der Waals surface area (Å²) < 4.78 is 65.4. The van der Waals surface area contributed by atoms with Crippen LogP contribution in [0.3, 0.4) is 0 Å². The van der Waals surface area contributed by atoms with Crippen molar-refractivity contribution >= 4 is 62.3 Å². The van der Waals surface area contributed by atoms with E-state index in [-0.39, 0.29) is 52.5 Å². The summed E-state index contributed by atoms with van der Waals surface area (Å²) in [5, 5.41) is 9.00. The van der Waals surface area contributed by atoms with Crippen molar-refractivity contribution < 1.29 is 41.8 Å². The van der Waals surface area contributed by atoms with E-state index in [1.165, 1.54) is 12.5 Å². The first-order valence-corrected chi connectivity index (χ1v) is 28.6. The predicted octanol–water partition coefficient (Wildman–Crippen LogP) is 8.62. The minimum atomic E-state index is -0.615. The van der Waals surface area contributed by atoms with E-state index in [1.54, 1.807) is 44.1 Å². The second kappa shape index (κ2) is 23.7. The SMILES string of the molecule is C#Cc1c(F)ccc2cccc(-c3nc4c5c(nc(OCC67CCCN6CCC7)nc5c3F)N3CCCOCC3CC4)c12.COC.Cn1nc(C2CCC(=O)NC2=O)c2c(F)cc(N3CCC(CC4CCN(C=O)CC4)CC3)cc21.